The molecule has 3 fully saturated rings. The maximum Gasteiger partial charge on any atom is 0.417 e. The summed E-state index contributed by atoms with van der Waals surface area (Å²) in [5, 5.41) is 22.6. The lowest BCUT2D eigenvalue weighted by Crippen LogP contribution is -2.46. The van der Waals surface area contributed by atoms with Gasteiger partial charge in [0.1, 0.15) is 10.8 Å². The molecule has 1 amide bonds. The van der Waals surface area contributed by atoms with Crippen molar-refractivity contribution in [3.63, 3.8) is 0 Å². The molecular formula is C27H29F3N4O7S. The van der Waals surface area contributed by atoms with Crippen molar-refractivity contribution in [1.29, 1.82) is 5.26 Å². The number of benzene rings is 1. The zero-order chi connectivity index (χ0) is 30.7. The Balaban J connectivity index is 1.58. The van der Waals surface area contributed by atoms with E-state index in [4.69, 9.17) is 15.2 Å². The Morgan fingerprint density at radius 3 is 2.45 bits per heavy atom. The van der Waals surface area contributed by atoms with Crippen LogP contribution in [0.5, 0.6) is 0 Å². The molecule has 1 aromatic carbocycles. The van der Waals surface area contributed by atoms with Crippen LogP contribution in [0, 0.1) is 28.1 Å². The second kappa shape index (κ2) is 10.4. The second-order valence-corrected chi connectivity index (χ2v) is 13.4. The molecule has 0 bridgehead atoms. The lowest BCUT2D eigenvalue weighted by Gasteiger charge is -2.35. The number of carboxylic acids is 1. The molecule has 5 atom stereocenters. The van der Waals surface area contributed by atoms with Crippen molar-refractivity contribution in [3.8, 4) is 17.2 Å². The highest BCUT2D eigenvalue weighted by Crippen LogP contribution is 2.67. The Labute approximate surface area is 239 Å². The Morgan fingerprint density at radius 2 is 1.93 bits per heavy atom. The first-order valence-corrected chi connectivity index (χ1v) is 14.8. The summed E-state index contributed by atoms with van der Waals surface area (Å²) in [6, 6.07) is 4.64. The number of hydrogen-bond donors (Lipinski definition) is 2. The predicted octanol–water partition coefficient (Wildman–Crippen LogP) is 2.69. The molecule has 42 heavy (non-hydrogen) atoms. The van der Waals surface area contributed by atoms with Gasteiger partial charge in [-0.2, -0.15) is 23.5 Å². The summed E-state index contributed by atoms with van der Waals surface area (Å²) in [5.41, 5.74) is 0.620. The van der Waals surface area contributed by atoms with Gasteiger partial charge in [-0.25, -0.2) is 8.42 Å². The van der Waals surface area contributed by atoms with Crippen LogP contribution in [0.2, 0.25) is 0 Å². The molecule has 2 saturated carbocycles. The van der Waals surface area contributed by atoms with Crippen LogP contribution in [-0.2, 0) is 42.1 Å². The maximum absolute atomic E-state index is 14.3. The van der Waals surface area contributed by atoms with E-state index < -0.39 is 85.4 Å². The van der Waals surface area contributed by atoms with E-state index in [1.165, 1.54) is 23.1 Å². The van der Waals surface area contributed by atoms with Gasteiger partial charge in [-0.1, -0.05) is 6.07 Å². The Bertz CT molecular complexity index is 1560. The number of sulfone groups is 1. The molecule has 11 nitrogen and oxygen atoms in total. The normalized spacial score (nSPS) is 30.1. The number of aromatic nitrogens is 2. The molecule has 2 unspecified atom stereocenters. The quantitative estimate of drug-likeness (QED) is 0.455. The number of hydrogen-bond acceptors (Lipinski definition) is 8. The van der Waals surface area contributed by atoms with Crippen molar-refractivity contribution < 1.29 is 45.8 Å². The van der Waals surface area contributed by atoms with Gasteiger partial charge in [-0.3, -0.25) is 14.3 Å². The number of ether oxygens (including phenoxy) is 2. The molecule has 1 aromatic heterocycles. The molecule has 2 aromatic rings. The lowest BCUT2D eigenvalue weighted by atomic mass is 9.75. The van der Waals surface area contributed by atoms with Crippen LogP contribution in [-0.4, -0.2) is 65.9 Å². The first-order valence-electron chi connectivity index (χ1n) is 13.3. The monoisotopic (exact) mass is 610 g/mol. The first kappa shape index (κ1) is 30.0. The van der Waals surface area contributed by atoms with E-state index in [-0.39, 0.29) is 12.0 Å². The van der Waals surface area contributed by atoms with E-state index in [0.717, 1.165) is 12.1 Å². The molecule has 226 valence electrons. The van der Waals surface area contributed by atoms with Crippen molar-refractivity contribution >= 4 is 21.7 Å². The van der Waals surface area contributed by atoms with Gasteiger partial charge in [0.25, 0.3) is 0 Å². The lowest BCUT2D eigenvalue weighted by molar-refractivity contribution is -0.168. The third-order valence-corrected chi connectivity index (χ3v) is 11.0. The minimum Gasteiger partial charge on any atom is -0.481 e. The molecule has 3 N–H and O–H groups in total. The summed E-state index contributed by atoms with van der Waals surface area (Å²) in [7, 11) is -3.22. The number of amides is 1. The fraction of sp³-hybridized carbons (Fsp3) is 0.556. The van der Waals surface area contributed by atoms with E-state index in [9.17, 15) is 41.5 Å². The highest BCUT2D eigenvalue weighted by atomic mass is 32.2. The SMILES string of the molecule is Cn1cc(-c2ccc(S(=O)(=O)[C@@H]3C[C@H](OC4CCOCC4)[C@@](C(=O)O)(C4CC4(C#N)C(N)=O)C3)c(C(F)(F)F)c2)cn1. The molecule has 2 aliphatic carbocycles. The third kappa shape index (κ3) is 4.84. The Kier molecular flexibility index (Phi) is 7.39. The number of carbonyl (C=O) groups is 2. The number of rotatable bonds is 8. The summed E-state index contributed by atoms with van der Waals surface area (Å²) < 4.78 is 83.7. The van der Waals surface area contributed by atoms with E-state index in [0.29, 0.717) is 31.6 Å². The zero-order valence-corrected chi connectivity index (χ0v) is 23.3. The van der Waals surface area contributed by atoms with Crippen LogP contribution < -0.4 is 5.73 Å². The van der Waals surface area contributed by atoms with Gasteiger partial charge in [0.15, 0.2) is 9.84 Å². The van der Waals surface area contributed by atoms with Crippen molar-refractivity contribution in [2.24, 2.45) is 29.5 Å². The van der Waals surface area contributed by atoms with Crippen molar-refractivity contribution in [2.45, 2.75) is 60.6 Å². The van der Waals surface area contributed by atoms with Crippen LogP contribution in [0.3, 0.4) is 0 Å². The smallest absolute Gasteiger partial charge is 0.417 e. The second-order valence-electron chi connectivity index (χ2n) is 11.2. The molecule has 0 spiro atoms. The van der Waals surface area contributed by atoms with Gasteiger partial charge in [0, 0.05) is 37.9 Å². The van der Waals surface area contributed by atoms with Crippen LogP contribution in [0.1, 0.15) is 37.7 Å². The molecule has 15 heteroatoms. The van der Waals surface area contributed by atoms with Crippen LogP contribution in [0.25, 0.3) is 11.1 Å². The zero-order valence-electron chi connectivity index (χ0n) is 22.5. The highest BCUT2D eigenvalue weighted by molar-refractivity contribution is 7.92. The van der Waals surface area contributed by atoms with E-state index >= 15 is 0 Å². The number of aliphatic carboxylic acids is 1. The van der Waals surface area contributed by atoms with Gasteiger partial charge in [0.05, 0.1) is 40.2 Å². The fourth-order valence-electron chi connectivity index (χ4n) is 6.50. The van der Waals surface area contributed by atoms with Crippen LogP contribution in [0.15, 0.2) is 35.5 Å². The summed E-state index contributed by atoms with van der Waals surface area (Å²) >= 11 is 0. The van der Waals surface area contributed by atoms with Crippen molar-refractivity contribution in [3.05, 3.63) is 36.2 Å². The number of aryl methyl sites for hydroxylation is 1. The largest absolute Gasteiger partial charge is 0.481 e. The van der Waals surface area contributed by atoms with Gasteiger partial charge < -0.3 is 20.3 Å². The topological polar surface area (TPSA) is 175 Å². The van der Waals surface area contributed by atoms with E-state index in [1.807, 2.05) is 0 Å². The van der Waals surface area contributed by atoms with E-state index in [1.54, 1.807) is 13.1 Å². The molecule has 2 heterocycles. The number of nitrogens with two attached hydrogens (primary N) is 1. The van der Waals surface area contributed by atoms with Gasteiger partial charge >= 0.3 is 12.1 Å². The standard InChI is InChI=1S/C27H29F3N4O7S/c1-34-13-16(12-33-34)15-2-3-20(19(8-15)27(28,29)30)42(38,39)18-9-22(41-17-4-6-40-7-5-17)26(10-18,24(36)37)21-11-25(21,14-31)23(32)35/h2-3,8,12-13,17-18,21-22H,4-7,9-11H2,1H3,(H2,32,35)(H,36,37)/t18-,21?,22+,25?,26+/m1/s1. The number of primary amides is 1. The van der Waals surface area contributed by atoms with Gasteiger partial charge in [-0.15, -0.1) is 0 Å². The number of alkyl halides is 3. The molecule has 0 radical (unpaired) electrons. The highest BCUT2D eigenvalue weighted by Gasteiger charge is 2.75. The Hall–Kier alpha value is -3.48. The number of carboxylic acid groups (broad SMARTS) is 1. The van der Waals surface area contributed by atoms with Crippen molar-refractivity contribution in [1.82, 2.24) is 9.78 Å². The average molecular weight is 611 g/mol. The number of nitrogens with zero attached hydrogens (tertiary/aromatic N) is 3. The minimum absolute atomic E-state index is 0.0969. The maximum atomic E-state index is 14.3. The molecule has 1 aliphatic heterocycles. The van der Waals surface area contributed by atoms with E-state index in [2.05, 4.69) is 5.10 Å². The van der Waals surface area contributed by atoms with Crippen LogP contribution in [0.4, 0.5) is 13.2 Å². The average Bonchev–Trinajstić information content (AvgIpc) is 3.34. The molecule has 3 aliphatic rings. The third-order valence-electron chi connectivity index (χ3n) is 8.83. The number of carbonyl (C=O) groups excluding carboxylic acids is 1. The minimum atomic E-state index is -5.06. The molecule has 1 saturated heterocycles. The number of nitriles is 1. The van der Waals surface area contributed by atoms with Crippen molar-refractivity contribution in [2.75, 3.05) is 13.2 Å². The number of halogens is 3. The summed E-state index contributed by atoms with van der Waals surface area (Å²) in [4.78, 5) is 24.2. The Morgan fingerprint density at radius 1 is 1.24 bits per heavy atom. The molecule has 5 rings (SSSR count). The van der Waals surface area contributed by atoms with Gasteiger partial charge in [0.2, 0.25) is 5.91 Å². The van der Waals surface area contributed by atoms with Gasteiger partial charge in [-0.05, 0) is 49.8 Å². The summed E-state index contributed by atoms with van der Waals surface area (Å²) in [5.74, 6) is -3.72. The predicted molar refractivity (Wildman–Crippen MR) is 138 cm³/mol. The first-order chi connectivity index (χ1) is 19.7. The molecular weight excluding hydrogens is 581 g/mol. The summed E-state index contributed by atoms with van der Waals surface area (Å²) in [6.07, 6.45) is -4.57. The summed E-state index contributed by atoms with van der Waals surface area (Å²) in [6.45, 7) is 0.647. The fourth-order valence-corrected chi connectivity index (χ4v) is 8.53. The van der Waals surface area contributed by atoms with Crippen LogP contribution >= 0.6 is 0 Å².